The van der Waals surface area contributed by atoms with Crippen molar-refractivity contribution in [3.8, 4) is 10.6 Å². The predicted molar refractivity (Wildman–Crippen MR) is 111 cm³/mol. The van der Waals surface area contributed by atoms with E-state index >= 15 is 0 Å². The largest absolute Gasteiger partial charge is 0.463 e. The highest BCUT2D eigenvalue weighted by Gasteiger charge is 2.25. The number of nitrogens with two attached hydrogens (primary N) is 1. The van der Waals surface area contributed by atoms with Gasteiger partial charge in [0, 0.05) is 43.7 Å². The Labute approximate surface area is 171 Å². The van der Waals surface area contributed by atoms with Crippen LogP contribution in [-0.4, -0.2) is 60.6 Å². The van der Waals surface area contributed by atoms with Crippen molar-refractivity contribution in [2.75, 3.05) is 38.1 Å². The molecule has 1 aromatic carbocycles. The number of hydrogen-bond acceptors (Lipinski definition) is 8. The number of carbonyl (C=O) groups excluding carboxylic acids is 1. The van der Waals surface area contributed by atoms with Crippen molar-refractivity contribution in [3.63, 3.8) is 0 Å². The number of aromatic nitrogens is 1. The van der Waals surface area contributed by atoms with Gasteiger partial charge in [-0.2, -0.15) is 0 Å². The molecule has 10 heteroatoms. The average molecular weight is 421 g/mol. The standard InChI is InChI=1S/C18H21ClN6O2S/c19-13-2-1-11(7-14(13)23-16(26)15-9-27-18(20)24-15)17-22-12(10-28-17)8-25-5-3-21-4-6-25/h1-2,7,10,15,21H,3-6,8-9H2,(H2,20,24)(H,23,26). The first-order valence-electron chi connectivity index (χ1n) is 9.03. The van der Waals surface area contributed by atoms with Gasteiger partial charge in [-0.05, 0) is 12.1 Å². The second-order valence-corrected chi connectivity index (χ2v) is 7.91. The van der Waals surface area contributed by atoms with E-state index in [0.29, 0.717) is 10.7 Å². The minimum absolute atomic E-state index is 0.0276. The van der Waals surface area contributed by atoms with Crippen LogP contribution in [0.5, 0.6) is 0 Å². The quantitative estimate of drug-likeness (QED) is 0.677. The molecule has 0 spiro atoms. The lowest BCUT2D eigenvalue weighted by Gasteiger charge is -2.26. The van der Waals surface area contributed by atoms with Crippen molar-refractivity contribution >= 4 is 40.6 Å². The fraction of sp³-hybridized carbons (Fsp3) is 0.389. The SMILES string of the molecule is NC1=NC(C(=O)Nc2cc(-c3nc(CN4CCNCC4)cs3)ccc2Cl)CO1. The second kappa shape index (κ2) is 8.44. The third kappa shape index (κ3) is 4.44. The Balaban J connectivity index is 1.46. The minimum atomic E-state index is -0.662. The molecular weight excluding hydrogens is 400 g/mol. The van der Waals surface area contributed by atoms with Crippen LogP contribution in [0.4, 0.5) is 5.69 Å². The Hall–Kier alpha value is -2.20. The second-order valence-electron chi connectivity index (χ2n) is 6.65. The molecule has 1 unspecified atom stereocenters. The van der Waals surface area contributed by atoms with Gasteiger partial charge >= 0.3 is 0 Å². The van der Waals surface area contributed by atoms with Gasteiger partial charge in [0.05, 0.1) is 16.4 Å². The number of halogens is 1. The summed E-state index contributed by atoms with van der Waals surface area (Å²) in [5, 5.41) is 9.58. The van der Waals surface area contributed by atoms with Gasteiger partial charge in [0.15, 0.2) is 6.04 Å². The molecule has 0 radical (unpaired) electrons. The topological polar surface area (TPSA) is 105 Å². The third-order valence-corrected chi connectivity index (χ3v) is 5.86. The van der Waals surface area contributed by atoms with Gasteiger partial charge < -0.3 is 21.1 Å². The number of amidine groups is 1. The summed E-state index contributed by atoms with van der Waals surface area (Å²) in [6.45, 7) is 5.06. The van der Waals surface area contributed by atoms with E-state index in [4.69, 9.17) is 27.1 Å². The average Bonchev–Trinajstić information content (AvgIpc) is 3.33. The molecule has 0 bridgehead atoms. The minimum Gasteiger partial charge on any atom is -0.463 e. The van der Waals surface area contributed by atoms with E-state index in [0.717, 1.165) is 49.0 Å². The van der Waals surface area contributed by atoms with E-state index in [9.17, 15) is 4.79 Å². The number of carbonyl (C=O) groups is 1. The smallest absolute Gasteiger partial charge is 0.282 e. The molecule has 1 saturated heterocycles. The molecular formula is C18H21ClN6O2S. The molecule has 2 aliphatic rings. The van der Waals surface area contributed by atoms with E-state index < -0.39 is 6.04 Å². The summed E-state index contributed by atoms with van der Waals surface area (Å²) in [7, 11) is 0. The van der Waals surface area contributed by atoms with Crippen molar-refractivity contribution < 1.29 is 9.53 Å². The van der Waals surface area contributed by atoms with Crippen molar-refractivity contribution in [1.29, 1.82) is 0 Å². The summed E-state index contributed by atoms with van der Waals surface area (Å²) in [5.41, 5.74) is 7.94. The number of nitrogens with one attached hydrogen (secondary N) is 2. The molecule has 4 N–H and O–H groups in total. The van der Waals surface area contributed by atoms with Gasteiger partial charge in [-0.1, -0.05) is 17.7 Å². The predicted octanol–water partition coefficient (Wildman–Crippen LogP) is 1.52. The number of nitrogens with zero attached hydrogens (tertiary/aromatic N) is 3. The summed E-state index contributed by atoms with van der Waals surface area (Å²) >= 11 is 7.84. The number of piperazine rings is 1. The number of ether oxygens (including phenoxy) is 1. The van der Waals surface area contributed by atoms with Gasteiger partial charge in [-0.25, -0.2) is 9.98 Å². The zero-order valence-electron chi connectivity index (χ0n) is 15.2. The monoisotopic (exact) mass is 420 g/mol. The zero-order valence-corrected chi connectivity index (χ0v) is 16.7. The van der Waals surface area contributed by atoms with Crippen LogP contribution >= 0.6 is 22.9 Å². The summed E-state index contributed by atoms with van der Waals surface area (Å²) < 4.78 is 5.03. The van der Waals surface area contributed by atoms with Crippen LogP contribution in [0.2, 0.25) is 5.02 Å². The van der Waals surface area contributed by atoms with Crippen LogP contribution in [0.25, 0.3) is 10.6 Å². The van der Waals surface area contributed by atoms with Crippen LogP contribution in [0.1, 0.15) is 5.69 Å². The molecule has 2 aliphatic heterocycles. The van der Waals surface area contributed by atoms with E-state index in [-0.39, 0.29) is 18.5 Å². The van der Waals surface area contributed by atoms with Crippen molar-refractivity contribution in [1.82, 2.24) is 15.2 Å². The first kappa shape index (κ1) is 19.1. The number of thiazole rings is 1. The third-order valence-electron chi connectivity index (χ3n) is 4.59. The maximum absolute atomic E-state index is 12.3. The van der Waals surface area contributed by atoms with Crippen molar-refractivity contribution in [2.45, 2.75) is 12.6 Å². The number of hydrogen-bond donors (Lipinski definition) is 3. The molecule has 1 aromatic heterocycles. The molecule has 148 valence electrons. The maximum atomic E-state index is 12.3. The first-order valence-corrected chi connectivity index (χ1v) is 10.3. The van der Waals surface area contributed by atoms with Gasteiger partial charge in [-0.3, -0.25) is 9.69 Å². The van der Waals surface area contributed by atoms with Gasteiger partial charge in [0.25, 0.3) is 11.9 Å². The number of aliphatic imine (C=N–C) groups is 1. The molecule has 0 aliphatic carbocycles. The molecule has 28 heavy (non-hydrogen) atoms. The molecule has 2 aromatic rings. The van der Waals surface area contributed by atoms with Crippen molar-refractivity contribution in [2.24, 2.45) is 10.7 Å². The van der Waals surface area contributed by atoms with Crippen LogP contribution in [0.3, 0.4) is 0 Å². The lowest BCUT2D eigenvalue weighted by atomic mass is 10.2. The fourth-order valence-corrected chi connectivity index (χ4v) is 4.08. The Morgan fingerprint density at radius 2 is 2.25 bits per heavy atom. The lowest BCUT2D eigenvalue weighted by molar-refractivity contribution is -0.117. The van der Waals surface area contributed by atoms with Gasteiger partial charge in [0.1, 0.15) is 11.6 Å². The Bertz CT molecular complexity index is 896. The highest BCUT2D eigenvalue weighted by Crippen LogP contribution is 2.31. The number of benzene rings is 1. The first-order chi connectivity index (χ1) is 13.6. The van der Waals surface area contributed by atoms with E-state index in [1.165, 1.54) is 0 Å². The normalized spacial score (nSPS) is 19.9. The summed E-state index contributed by atoms with van der Waals surface area (Å²) in [6, 6.07) is 4.86. The van der Waals surface area contributed by atoms with E-state index in [2.05, 4.69) is 25.9 Å². The zero-order chi connectivity index (χ0) is 19.5. The lowest BCUT2D eigenvalue weighted by Crippen LogP contribution is -2.42. The summed E-state index contributed by atoms with van der Waals surface area (Å²) in [4.78, 5) is 23.4. The van der Waals surface area contributed by atoms with Gasteiger partial charge in [0.2, 0.25) is 0 Å². The van der Waals surface area contributed by atoms with E-state index in [1.54, 1.807) is 17.4 Å². The number of rotatable bonds is 5. The van der Waals surface area contributed by atoms with Crippen LogP contribution in [-0.2, 0) is 16.1 Å². The molecule has 4 rings (SSSR count). The van der Waals surface area contributed by atoms with E-state index in [1.807, 2.05) is 12.1 Å². The molecule has 1 atom stereocenters. The highest BCUT2D eigenvalue weighted by molar-refractivity contribution is 7.13. The van der Waals surface area contributed by atoms with Crippen LogP contribution in [0.15, 0.2) is 28.6 Å². The Morgan fingerprint density at radius 1 is 1.43 bits per heavy atom. The van der Waals surface area contributed by atoms with Crippen LogP contribution < -0.4 is 16.4 Å². The molecule has 0 saturated carbocycles. The molecule has 8 nitrogen and oxygen atoms in total. The van der Waals surface area contributed by atoms with Crippen LogP contribution in [0, 0.1) is 0 Å². The maximum Gasteiger partial charge on any atom is 0.282 e. The molecule has 3 heterocycles. The Kier molecular flexibility index (Phi) is 5.77. The highest BCUT2D eigenvalue weighted by atomic mass is 35.5. The molecule has 1 amide bonds. The molecule has 1 fully saturated rings. The van der Waals surface area contributed by atoms with Gasteiger partial charge in [-0.15, -0.1) is 11.3 Å². The Morgan fingerprint density at radius 3 is 3.00 bits per heavy atom. The summed E-state index contributed by atoms with van der Waals surface area (Å²) in [5.74, 6) is -0.307. The number of amides is 1. The number of anilines is 1. The van der Waals surface area contributed by atoms with Crippen molar-refractivity contribution in [3.05, 3.63) is 34.3 Å². The summed E-state index contributed by atoms with van der Waals surface area (Å²) in [6.07, 6.45) is 0. The fourth-order valence-electron chi connectivity index (χ4n) is 3.11.